The largest absolute Gasteiger partial charge is 0.361 e. The lowest BCUT2D eigenvalue weighted by Gasteiger charge is -2.43. The number of ether oxygens (including phenoxy) is 1. The van der Waals surface area contributed by atoms with Crippen molar-refractivity contribution >= 4 is 41.1 Å². The minimum Gasteiger partial charge on any atom is -0.361 e. The lowest BCUT2D eigenvalue weighted by Crippen LogP contribution is -2.59. The lowest BCUT2D eigenvalue weighted by molar-refractivity contribution is 0.0822. The number of fused-ring (bicyclic) bond motifs is 1. The van der Waals surface area contributed by atoms with E-state index in [-0.39, 0.29) is 17.5 Å². The Hall–Kier alpha value is -1.29. The van der Waals surface area contributed by atoms with Crippen LogP contribution < -0.4 is 11.1 Å². The summed E-state index contributed by atoms with van der Waals surface area (Å²) in [6, 6.07) is 1.25. The molecule has 27 heavy (non-hydrogen) atoms. The van der Waals surface area contributed by atoms with Gasteiger partial charge in [-0.3, -0.25) is 4.79 Å². The molecule has 1 aliphatic rings. The van der Waals surface area contributed by atoms with Crippen LogP contribution in [0, 0.1) is 0 Å². The molecule has 0 aromatic carbocycles. The molecule has 0 unspecified atom stereocenters. The normalized spacial score (nSPS) is 22.7. The molecule has 2 aromatic heterocycles. The van der Waals surface area contributed by atoms with Crippen molar-refractivity contribution in [3.63, 3.8) is 0 Å². The molecule has 7 nitrogen and oxygen atoms in total. The summed E-state index contributed by atoms with van der Waals surface area (Å²) in [6.45, 7) is 10.0. The van der Waals surface area contributed by atoms with E-state index < -0.39 is 8.07 Å². The van der Waals surface area contributed by atoms with Crippen molar-refractivity contribution in [2.75, 3.05) is 6.61 Å². The van der Waals surface area contributed by atoms with E-state index in [2.05, 4.69) is 50.9 Å². The number of carbonyl (C=O) groups is 1. The van der Waals surface area contributed by atoms with Crippen LogP contribution in [0.25, 0.3) is 11.2 Å². The molecule has 0 spiro atoms. The molecule has 2 aromatic rings. The lowest BCUT2D eigenvalue weighted by atomic mass is 9.74. The molecule has 3 N–H and O–H groups in total. The van der Waals surface area contributed by atoms with Crippen molar-refractivity contribution in [2.24, 2.45) is 5.73 Å². The highest BCUT2D eigenvalue weighted by molar-refractivity contribution is 9.10. The Balaban J connectivity index is 1.78. The second-order valence-corrected chi connectivity index (χ2v) is 15.3. The van der Waals surface area contributed by atoms with Gasteiger partial charge in [0.25, 0.3) is 5.91 Å². The van der Waals surface area contributed by atoms with E-state index in [1.807, 2.05) is 11.5 Å². The second kappa shape index (κ2) is 7.61. The molecule has 0 aliphatic heterocycles. The zero-order valence-electron chi connectivity index (χ0n) is 16.4. The fourth-order valence-electron chi connectivity index (χ4n) is 3.38. The van der Waals surface area contributed by atoms with Crippen molar-refractivity contribution in [3.05, 3.63) is 22.6 Å². The molecule has 0 radical (unpaired) electrons. The van der Waals surface area contributed by atoms with Gasteiger partial charge in [-0.05, 0) is 41.7 Å². The molecule has 0 saturated heterocycles. The molecule has 148 valence electrons. The maximum Gasteiger partial charge on any atom is 0.255 e. The number of carbonyl (C=O) groups excluding carboxylic acids is 1. The highest BCUT2D eigenvalue weighted by atomic mass is 79.9. The third kappa shape index (κ3) is 4.95. The van der Waals surface area contributed by atoms with Crippen molar-refractivity contribution in [1.29, 1.82) is 0 Å². The summed E-state index contributed by atoms with van der Waals surface area (Å²) in [5, 5.41) is 3.10. The maximum absolute atomic E-state index is 12.9. The molecule has 1 fully saturated rings. The average molecular weight is 454 g/mol. The zero-order valence-corrected chi connectivity index (χ0v) is 19.0. The first kappa shape index (κ1) is 20.4. The van der Waals surface area contributed by atoms with Crippen molar-refractivity contribution in [2.45, 2.75) is 63.8 Å². The van der Waals surface area contributed by atoms with E-state index in [9.17, 15) is 4.79 Å². The molecule has 1 amide bonds. The quantitative estimate of drug-likeness (QED) is 0.495. The molecule has 1 saturated carbocycles. The van der Waals surface area contributed by atoms with Gasteiger partial charge in [-0.2, -0.15) is 0 Å². The average Bonchev–Trinajstić information content (AvgIpc) is 2.87. The van der Waals surface area contributed by atoms with Gasteiger partial charge in [0.05, 0.1) is 11.8 Å². The van der Waals surface area contributed by atoms with Crippen LogP contribution in [0.15, 0.2) is 17.0 Å². The second-order valence-electron chi connectivity index (χ2n) is 8.91. The maximum atomic E-state index is 12.9. The van der Waals surface area contributed by atoms with Crippen molar-refractivity contribution in [1.82, 2.24) is 19.9 Å². The van der Waals surface area contributed by atoms with Gasteiger partial charge in [-0.1, -0.05) is 19.6 Å². The summed E-state index contributed by atoms with van der Waals surface area (Å²) in [7, 11) is -1.14. The van der Waals surface area contributed by atoms with Gasteiger partial charge in [0.15, 0.2) is 5.65 Å². The fraction of sp³-hybridized carbons (Fsp3) is 0.611. The van der Waals surface area contributed by atoms with Crippen molar-refractivity contribution in [3.8, 4) is 0 Å². The molecule has 0 bridgehead atoms. The summed E-state index contributed by atoms with van der Waals surface area (Å²) in [5.41, 5.74) is 7.36. The Bertz CT molecular complexity index is 842. The first-order valence-corrected chi connectivity index (χ1v) is 13.7. The van der Waals surface area contributed by atoms with Gasteiger partial charge in [0.2, 0.25) is 0 Å². The molecule has 9 heteroatoms. The number of hydrogen-bond donors (Lipinski definition) is 2. The minimum atomic E-state index is -1.14. The highest BCUT2D eigenvalue weighted by Gasteiger charge is 2.40. The Kier molecular flexibility index (Phi) is 5.76. The number of hydrogen-bond acceptors (Lipinski definition) is 5. The number of nitrogens with zero attached hydrogens (tertiary/aromatic N) is 3. The smallest absolute Gasteiger partial charge is 0.255 e. The van der Waals surface area contributed by atoms with Gasteiger partial charge in [-0.25, -0.2) is 9.97 Å². The van der Waals surface area contributed by atoms with Crippen LogP contribution in [-0.2, 0) is 11.5 Å². The first-order chi connectivity index (χ1) is 12.6. The van der Waals surface area contributed by atoms with Gasteiger partial charge in [-0.15, -0.1) is 0 Å². The molecule has 0 atom stereocenters. The Morgan fingerprint density at radius 1 is 1.48 bits per heavy atom. The molecule has 2 heterocycles. The van der Waals surface area contributed by atoms with E-state index in [0.29, 0.717) is 34.7 Å². The van der Waals surface area contributed by atoms with Gasteiger partial charge in [0, 0.05) is 32.5 Å². The Labute approximate surface area is 169 Å². The predicted octanol–water partition coefficient (Wildman–Crippen LogP) is 3.12. The van der Waals surface area contributed by atoms with E-state index in [1.54, 1.807) is 12.4 Å². The number of nitrogens with one attached hydrogen (secondary N) is 1. The topological polar surface area (TPSA) is 95.1 Å². The monoisotopic (exact) mass is 453 g/mol. The van der Waals surface area contributed by atoms with Crippen LogP contribution in [0.2, 0.25) is 25.7 Å². The number of nitrogens with two attached hydrogens (primary N) is 1. The van der Waals surface area contributed by atoms with Gasteiger partial charge < -0.3 is 20.4 Å². The summed E-state index contributed by atoms with van der Waals surface area (Å²) in [6.07, 6.45) is 4.98. The number of rotatable bonds is 7. The number of amides is 1. The van der Waals surface area contributed by atoms with Gasteiger partial charge in [0.1, 0.15) is 16.9 Å². The van der Waals surface area contributed by atoms with Crippen LogP contribution in [0.1, 0.15) is 30.1 Å². The first-order valence-electron chi connectivity index (χ1n) is 9.24. The third-order valence-electron chi connectivity index (χ3n) is 4.85. The summed E-state index contributed by atoms with van der Waals surface area (Å²) >= 11 is 3.35. The van der Waals surface area contributed by atoms with Crippen LogP contribution in [0.5, 0.6) is 0 Å². The van der Waals surface area contributed by atoms with E-state index in [1.165, 1.54) is 0 Å². The van der Waals surface area contributed by atoms with E-state index in [0.717, 1.165) is 18.9 Å². The summed E-state index contributed by atoms with van der Waals surface area (Å²) in [5.74, 6) is -0.150. The standard InChI is InChI=1S/C18H28BrN5O2Si/c1-18(7-12(20)8-18)23-17(25)13-10-24(11-26-5-6-27(2,3)4)16-15(13)22-14(19)9-21-16/h9-10,12H,5-8,11,20H2,1-4H3,(H,23,25). The third-order valence-corrected chi connectivity index (χ3v) is 6.93. The van der Waals surface area contributed by atoms with E-state index in [4.69, 9.17) is 10.5 Å². The summed E-state index contributed by atoms with van der Waals surface area (Å²) in [4.78, 5) is 21.8. The van der Waals surface area contributed by atoms with Crippen LogP contribution in [0.3, 0.4) is 0 Å². The highest BCUT2D eigenvalue weighted by Crippen LogP contribution is 2.31. The Morgan fingerprint density at radius 3 is 2.81 bits per heavy atom. The number of aromatic nitrogens is 3. The molecule has 1 aliphatic carbocycles. The molecule has 3 rings (SSSR count). The molecular weight excluding hydrogens is 426 g/mol. The van der Waals surface area contributed by atoms with Crippen LogP contribution in [-0.4, -0.2) is 46.7 Å². The fourth-order valence-corrected chi connectivity index (χ4v) is 4.41. The van der Waals surface area contributed by atoms with Gasteiger partial charge >= 0.3 is 0 Å². The SMILES string of the molecule is CC1(NC(=O)c2cn(COCC[Si](C)(C)C)c3ncc(Br)nc23)CC(N)C1. The predicted molar refractivity (Wildman–Crippen MR) is 112 cm³/mol. The summed E-state index contributed by atoms with van der Waals surface area (Å²) < 4.78 is 8.29. The van der Waals surface area contributed by atoms with Crippen LogP contribution >= 0.6 is 15.9 Å². The van der Waals surface area contributed by atoms with E-state index >= 15 is 0 Å². The van der Waals surface area contributed by atoms with Crippen LogP contribution in [0.4, 0.5) is 0 Å². The number of halogens is 1. The minimum absolute atomic E-state index is 0.150. The molecular formula is C18H28BrN5O2Si. The van der Waals surface area contributed by atoms with Crippen molar-refractivity contribution < 1.29 is 9.53 Å². The Morgan fingerprint density at radius 2 is 2.19 bits per heavy atom. The zero-order chi connectivity index (χ0) is 19.8.